The Morgan fingerprint density at radius 2 is 1.77 bits per heavy atom. The molecule has 0 aliphatic rings. The molecular weight excluding hydrogens is 270 g/mol. The molecule has 0 radical (unpaired) electrons. The standard InChI is InChI=1S/C20H27NO/c1-4-16-10-11-20(22)19(14-16)18(12-13-21-15(2)3)17-8-6-5-7-9-17/h5-11,14-15,18,21-22H,4,12-13H2,1-3H3/t18-/m1/s1. The van der Waals surface area contributed by atoms with E-state index in [4.69, 9.17) is 0 Å². The van der Waals surface area contributed by atoms with Gasteiger partial charge in [-0.1, -0.05) is 63.2 Å². The molecule has 2 aromatic carbocycles. The number of phenolic OH excluding ortho intramolecular Hbond substituents is 1. The number of rotatable bonds is 7. The van der Waals surface area contributed by atoms with Crippen LogP contribution in [0.1, 0.15) is 49.8 Å². The van der Waals surface area contributed by atoms with Crippen molar-refractivity contribution < 1.29 is 5.11 Å². The van der Waals surface area contributed by atoms with Gasteiger partial charge in [-0.3, -0.25) is 0 Å². The van der Waals surface area contributed by atoms with Crippen LogP contribution in [0.2, 0.25) is 0 Å². The van der Waals surface area contributed by atoms with Crippen molar-refractivity contribution in [3.63, 3.8) is 0 Å². The third-order valence-corrected chi connectivity index (χ3v) is 4.06. The van der Waals surface area contributed by atoms with E-state index in [9.17, 15) is 5.11 Å². The van der Waals surface area contributed by atoms with E-state index in [0.29, 0.717) is 11.8 Å². The Balaban J connectivity index is 2.31. The largest absolute Gasteiger partial charge is 0.508 e. The van der Waals surface area contributed by atoms with Gasteiger partial charge in [0.05, 0.1) is 0 Å². The highest BCUT2D eigenvalue weighted by Crippen LogP contribution is 2.34. The molecule has 22 heavy (non-hydrogen) atoms. The van der Waals surface area contributed by atoms with E-state index in [1.54, 1.807) is 0 Å². The average Bonchev–Trinajstić information content (AvgIpc) is 2.53. The highest BCUT2D eigenvalue weighted by molar-refractivity contribution is 5.43. The van der Waals surface area contributed by atoms with Crippen LogP contribution < -0.4 is 5.32 Å². The monoisotopic (exact) mass is 297 g/mol. The minimum Gasteiger partial charge on any atom is -0.508 e. The van der Waals surface area contributed by atoms with Gasteiger partial charge in [-0.25, -0.2) is 0 Å². The molecule has 0 bridgehead atoms. The normalized spacial score (nSPS) is 12.5. The maximum atomic E-state index is 10.4. The Hall–Kier alpha value is -1.80. The Kier molecular flexibility index (Phi) is 6.02. The molecule has 0 saturated carbocycles. The molecule has 118 valence electrons. The third-order valence-electron chi connectivity index (χ3n) is 4.06. The van der Waals surface area contributed by atoms with Crippen LogP contribution in [0.5, 0.6) is 5.75 Å². The molecule has 0 heterocycles. The highest BCUT2D eigenvalue weighted by atomic mass is 16.3. The molecule has 2 heteroatoms. The molecule has 1 atom stereocenters. The van der Waals surface area contributed by atoms with Crippen LogP contribution in [-0.2, 0) is 6.42 Å². The summed E-state index contributed by atoms with van der Waals surface area (Å²) in [5, 5.41) is 13.8. The molecule has 2 nitrogen and oxygen atoms in total. The van der Waals surface area contributed by atoms with Crippen molar-refractivity contribution in [1.29, 1.82) is 0 Å². The molecule has 0 aliphatic heterocycles. The predicted octanol–water partition coefficient (Wildman–Crippen LogP) is 4.47. The summed E-state index contributed by atoms with van der Waals surface area (Å²) < 4.78 is 0. The van der Waals surface area contributed by atoms with Gasteiger partial charge in [-0.05, 0) is 36.6 Å². The summed E-state index contributed by atoms with van der Waals surface area (Å²) >= 11 is 0. The minimum atomic E-state index is 0.221. The summed E-state index contributed by atoms with van der Waals surface area (Å²) in [6, 6.07) is 16.9. The van der Waals surface area contributed by atoms with Crippen LogP contribution in [0.15, 0.2) is 48.5 Å². The van der Waals surface area contributed by atoms with E-state index < -0.39 is 0 Å². The topological polar surface area (TPSA) is 32.3 Å². The fraction of sp³-hybridized carbons (Fsp3) is 0.400. The first-order valence-corrected chi connectivity index (χ1v) is 8.22. The van der Waals surface area contributed by atoms with Gasteiger partial charge in [0.15, 0.2) is 0 Å². The molecule has 0 unspecified atom stereocenters. The van der Waals surface area contributed by atoms with Crippen LogP contribution in [0.4, 0.5) is 0 Å². The van der Waals surface area contributed by atoms with Crippen molar-refractivity contribution >= 4 is 0 Å². The second-order valence-corrected chi connectivity index (χ2v) is 6.11. The first-order chi connectivity index (χ1) is 10.6. The van der Waals surface area contributed by atoms with Crippen LogP contribution in [0.25, 0.3) is 0 Å². The maximum Gasteiger partial charge on any atom is 0.119 e. The molecule has 0 fully saturated rings. The van der Waals surface area contributed by atoms with E-state index >= 15 is 0 Å². The highest BCUT2D eigenvalue weighted by Gasteiger charge is 2.18. The van der Waals surface area contributed by atoms with E-state index in [2.05, 4.69) is 56.4 Å². The number of phenols is 1. The lowest BCUT2D eigenvalue weighted by molar-refractivity contribution is 0.459. The summed E-state index contributed by atoms with van der Waals surface area (Å²) in [5.74, 6) is 0.620. The molecule has 0 aliphatic carbocycles. The molecular formula is C20H27NO. The Morgan fingerprint density at radius 1 is 1.05 bits per heavy atom. The van der Waals surface area contributed by atoms with E-state index in [1.165, 1.54) is 11.1 Å². The van der Waals surface area contributed by atoms with Crippen molar-refractivity contribution in [3.05, 3.63) is 65.2 Å². The summed E-state index contributed by atoms with van der Waals surface area (Å²) in [5.41, 5.74) is 3.57. The van der Waals surface area contributed by atoms with Crippen molar-refractivity contribution in [1.82, 2.24) is 5.32 Å². The van der Waals surface area contributed by atoms with Gasteiger partial charge in [-0.15, -0.1) is 0 Å². The van der Waals surface area contributed by atoms with Crippen LogP contribution in [0, 0.1) is 0 Å². The van der Waals surface area contributed by atoms with Gasteiger partial charge in [0, 0.05) is 17.5 Å². The molecule has 0 spiro atoms. The Bertz CT molecular complexity index is 578. The minimum absolute atomic E-state index is 0.221. The number of hydrogen-bond donors (Lipinski definition) is 2. The zero-order valence-corrected chi connectivity index (χ0v) is 13.8. The summed E-state index contributed by atoms with van der Waals surface area (Å²) in [6.07, 6.45) is 1.96. The Morgan fingerprint density at radius 3 is 2.41 bits per heavy atom. The lowest BCUT2D eigenvalue weighted by atomic mass is 9.86. The quantitative estimate of drug-likeness (QED) is 0.790. The summed E-state index contributed by atoms with van der Waals surface area (Å²) in [6.45, 7) is 7.40. The van der Waals surface area contributed by atoms with E-state index in [0.717, 1.165) is 24.9 Å². The van der Waals surface area contributed by atoms with Gasteiger partial charge in [0.25, 0.3) is 0 Å². The smallest absolute Gasteiger partial charge is 0.119 e. The predicted molar refractivity (Wildman–Crippen MR) is 93.5 cm³/mol. The first-order valence-electron chi connectivity index (χ1n) is 8.22. The Labute approximate surface area is 134 Å². The SMILES string of the molecule is CCc1ccc(O)c([C@H](CCNC(C)C)c2ccccc2)c1. The lowest BCUT2D eigenvalue weighted by Gasteiger charge is -2.21. The van der Waals surface area contributed by atoms with Crippen molar-refractivity contribution in [2.45, 2.75) is 45.6 Å². The second-order valence-electron chi connectivity index (χ2n) is 6.11. The molecule has 2 N–H and O–H groups in total. The van der Waals surface area contributed by atoms with E-state index in [1.807, 2.05) is 18.2 Å². The van der Waals surface area contributed by atoms with Gasteiger partial charge < -0.3 is 10.4 Å². The molecule has 0 aromatic heterocycles. The molecule has 0 amide bonds. The summed E-state index contributed by atoms with van der Waals surface area (Å²) in [4.78, 5) is 0. The first kappa shape index (κ1) is 16.6. The fourth-order valence-corrected chi connectivity index (χ4v) is 2.81. The average molecular weight is 297 g/mol. The van der Waals surface area contributed by atoms with Gasteiger partial charge in [0.1, 0.15) is 5.75 Å². The maximum absolute atomic E-state index is 10.4. The number of nitrogens with one attached hydrogen (secondary N) is 1. The lowest BCUT2D eigenvalue weighted by Crippen LogP contribution is -2.25. The van der Waals surface area contributed by atoms with Crippen molar-refractivity contribution in [2.75, 3.05) is 6.54 Å². The molecule has 2 aromatic rings. The number of hydrogen-bond acceptors (Lipinski definition) is 2. The van der Waals surface area contributed by atoms with Gasteiger partial charge in [0.2, 0.25) is 0 Å². The zero-order chi connectivity index (χ0) is 15.9. The number of aryl methyl sites for hydroxylation is 1. The zero-order valence-electron chi connectivity index (χ0n) is 13.8. The van der Waals surface area contributed by atoms with Gasteiger partial charge in [-0.2, -0.15) is 0 Å². The summed E-state index contributed by atoms with van der Waals surface area (Å²) in [7, 11) is 0. The third kappa shape index (κ3) is 4.35. The van der Waals surface area contributed by atoms with Gasteiger partial charge >= 0.3 is 0 Å². The molecule has 0 saturated heterocycles. The van der Waals surface area contributed by atoms with E-state index in [-0.39, 0.29) is 5.92 Å². The fourth-order valence-electron chi connectivity index (χ4n) is 2.81. The van der Waals surface area contributed by atoms with Crippen LogP contribution in [0.3, 0.4) is 0 Å². The van der Waals surface area contributed by atoms with Crippen molar-refractivity contribution in [2.24, 2.45) is 0 Å². The molecule has 2 rings (SSSR count). The van der Waals surface area contributed by atoms with Crippen LogP contribution >= 0.6 is 0 Å². The van der Waals surface area contributed by atoms with Crippen molar-refractivity contribution in [3.8, 4) is 5.75 Å². The second kappa shape index (κ2) is 8.00. The number of benzene rings is 2. The number of aromatic hydroxyl groups is 1. The van der Waals surface area contributed by atoms with Crippen LogP contribution in [-0.4, -0.2) is 17.7 Å².